The number of rotatable bonds is 7. The minimum Gasteiger partial charge on any atom is -0.351 e. The van der Waals surface area contributed by atoms with Gasteiger partial charge >= 0.3 is 0 Å². The van der Waals surface area contributed by atoms with Crippen LogP contribution in [-0.4, -0.2) is 68.4 Å². The van der Waals surface area contributed by atoms with Crippen LogP contribution in [0.5, 0.6) is 0 Å². The maximum atomic E-state index is 13.3. The second kappa shape index (κ2) is 8.90. The molecule has 2 aromatic heterocycles. The molecule has 38 heavy (non-hydrogen) atoms. The van der Waals surface area contributed by atoms with E-state index in [2.05, 4.69) is 45.1 Å². The van der Waals surface area contributed by atoms with E-state index < -0.39 is 10.2 Å². The van der Waals surface area contributed by atoms with Crippen LogP contribution >= 0.6 is 0 Å². The number of piperidine rings is 1. The first-order chi connectivity index (χ1) is 18.4. The zero-order valence-corrected chi connectivity index (χ0v) is 22.1. The summed E-state index contributed by atoms with van der Waals surface area (Å²) in [6.07, 6.45) is 5.56. The van der Waals surface area contributed by atoms with E-state index in [9.17, 15) is 8.42 Å². The molecule has 3 atom stereocenters. The Hall–Kier alpha value is -3.27. The molecule has 3 aromatic rings. The molecule has 3 N–H and O–H groups in total. The van der Waals surface area contributed by atoms with Crippen molar-refractivity contribution in [1.82, 2.24) is 28.8 Å². The number of aryl methyl sites for hydroxylation is 1. The van der Waals surface area contributed by atoms with E-state index in [4.69, 9.17) is 15.2 Å². The molecule has 4 aliphatic rings. The number of nitrogens with zero attached hydrogens (tertiary/aromatic N) is 6. The highest BCUT2D eigenvalue weighted by Crippen LogP contribution is 2.42. The lowest BCUT2D eigenvalue weighted by Crippen LogP contribution is -2.59. The summed E-state index contributed by atoms with van der Waals surface area (Å²) < 4.78 is 29.8. The quantitative estimate of drug-likeness (QED) is 0.419. The van der Waals surface area contributed by atoms with Crippen LogP contribution in [0.2, 0.25) is 0 Å². The topological polar surface area (TPSA) is 143 Å². The Balaban J connectivity index is 1.14. The van der Waals surface area contributed by atoms with Gasteiger partial charge in [0.25, 0.3) is 10.2 Å². The Kier molecular flexibility index (Phi) is 5.58. The van der Waals surface area contributed by atoms with E-state index in [1.165, 1.54) is 22.7 Å². The second-order valence-corrected chi connectivity index (χ2v) is 13.0. The van der Waals surface area contributed by atoms with Gasteiger partial charge in [0.15, 0.2) is 5.82 Å². The van der Waals surface area contributed by atoms with Crippen molar-refractivity contribution >= 4 is 38.7 Å². The van der Waals surface area contributed by atoms with Gasteiger partial charge in [0, 0.05) is 48.4 Å². The molecule has 1 aliphatic carbocycles. The van der Waals surface area contributed by atoms with Crippen molar-refractivity contribution < 1.29 is 8.42 Å². The van der Waals surface area contributed by atoms with Gasteiger partial charge in [-0.3, -0.25) is 5.10 Å². The van der Waals surface area contributed by atoms with Crippen LogP contribution in [0.4, 0.5) is 17.6 Å². The van der Waals surface area contributed by atoms with Crippen molar-refractivity contribution in [3.05, 3.63) is 35.5 Å². The fourth-order valence-electron chi connectivity index (χ4n) is 6.23. The second-order valence-electron chi connectivity index (χ2n) is 11.2. The van der Waals surface area contributed by atoms with Crippen LogP contribution in [0.3, 0.4) is 0 Å². The van der Waals surface area contributed by atoms with Gasteiger partial charge in [0.05, 0.1) is 17.5 Å². The van der Waals surface area contributed by atoms with Crippen LogP contribution in [0, 0.1) is 24.2 Å². The first-order valence-electron chi connectivity index (χ1n) is 13.4. The molecule has 0 radical (unpaired) electrons. The SMILES string of the molecule is Cc1cc(Nc2nc(NC3C[C@H]4CC[C@@H](C3)N4S(=O)(=O)N3CC(C#N)C3)nc3cc(C4CC4)ccc23)n[nH]1. The van der Waals surface area contributed by atoms with E-state index in [0.717, 1.165) is 29.4 Å². The maximum absolute atomic E-state index is 13.3. The lowest BCUT2D eigenvalue weighted by atomic mass is 10.00. The first-order valence-corrected chi connectivity index (χ1v) is 14.8. The smallest absolute Gasteiger partial charge is 0.282 e. The van der Waals surface area contributed by atoms with Gasteiger partial charge in [0.1, 0.15) is 5.82 Å². The molecule has 3 saturated heterocycles. The van der Waals surface area contributed by atoms with Crippen molar-refractivity contribution in [2.45, 2.75) is 69.5 Å². The molecule has 7 rings (SSSR count). The van der Waals surface area contributed by atoms with Gasteiger partial charge in [-0.05, 0) is 69.1 Å². The summed E-state index contributed by atoms with van der Waals surface area (Å²) in [6.45, 7) is 2.56. The largest absolute Gasteiger partial charge is 0.351 e. The molecule has 11 nitrogen and oxygen atoms in total. The predicted molar refractivity (Wildman–Crippen MR) is 143 cm³/mol. The average Bonchev–Trinajstić information content (AvgIpc) is 3.56. The summed E-state index contributed by atoms with van der Waals surface area (Å²) in [4.78, 5) is 9.73. The molecular formula is C26H31N9O2S. The summed E-state index contributed by atoms with van der Waals surface area (Å²) in [7, 11) is -3.54. The summed E-state index contributed by atoms with van der Waals surface area (Å²) in [5.41, 5.74) is 3.15. The third kappa shape index (κ3) is 4.19. The van der Waals surface area contributed by atoms with E-state index in [-0.39, 0.29) is 24.0 Å². The number of nitriles is 1. The van der Waals surface area contributed by atoms with Crippen molar-refractivity contribution in [2.75, 3.05) is 23.7 Å². The van der Waals surface area contributed by atoms with Gasteiger partial charge in [-0.25, -0.2) is 4.98 Å². The molecule has 198 valence electrons. The highest BCUT2D eigenvalue weighted by molar-refractivity contribution is 7.86. The highest BCUT2D eigenvalue weighted by Gasteiger charge is 2.51. The fourth-order valence-corrected chi connectivity index (χ4v) is 8.37. The lowest BCUT2D eigenvalue weighted by Gasteiger charge is -2.43. The predicted octanol–water partition coefficient (Wildman–Crippen LogP) is 3.39. The molecule has 12 heteroatoms. The van der Waals surface area contributed by atoms with Gasteiger partial charge in [-0.1, -0.05) is 6.07 Å². The molecule has 2 bridgehead atoms. The van der Waals surface area contributed by atoms with Crippen molar-refractivity contribution in [3.8, 4) is 6.07 Å². The third-order valence-electron chi connectivity index (χ3n) is 8.34. The zero-order chi connectivity index (χ0) is 26.0. The number of aromatic amines is 1. The summed E-state index contributed by atoms with van der Waals surface area (Å²) in [5.74, 6) is 2.36. The normalized spacial score (nSPS) is 26.3. The van der Waals surface area contributed by atoms with Crippen LogP contribution in [0.25, 0.3) is 10.9 Å². The number of nitrogens with one attached hydrogen (secondary N) is 3. The van der Waals surface area contributed by atoms with E-state index in [1.807, 2.05) is 13.0 Å². The Bertz CT molecular complexity index is 1520. The maximum Gasteiger partial charge on any atom is 0.282 e. The Morgan fingerprint density at radius 2 is 1.84 bits per heavy atom. The Labute approximate surface area is 221 Å². The van der Waals surface area contributed by atoms with Crippen molar-refractivity contribution in [2.24, 2.45) is 5.92 Å². The molecule has 1 unspecified atom stereocenters. The number of H-pyrrole nitrogens is 1. The number of fused-ring (bicyclic) bond motifs is 3. The molecule has 1 saturated carbocycles. The summed E-state index contributed by atoms with van der Waals surface area (Å²) in [5, 5.41) is 24.2. The molecule has 0 amide bonds. The highest BCUT2D eigenvalue weighted by atomic mass is 32.2. The Morgan fingerprint density at radius 1 is 1.08 bits per heavy atom. The third-order valence-corrected chi connectivity index (χ3v) is 10.4. The number of hydrogen-bond acceptors (Lipinski definition) is 8. The number of aromatic nitrogens is 4. The van der Waals surface area contributed by atoms with Gasteiger partial charge in [0.2, 0.25) is 5.95 Å². The minimum absolute atomic E-state index is 0.0519. The van der Waals surface area contributed by atoms with Gasteiger partial charge in [-0.15, -0.1) is 0 Å². The first kappa shape index (κ1) is 23.8. The molecule has 5 heterocycles. The van der Waals surface area contributed by atoms with Crippen LogP contribution < -0.4 is 10.6 Å². The molecule has 3 aliphatic heterocycles. The monoisotopic (exact) mass is 533 g/mol. The van der Waals surface area contributed by atoms with Crippen molar-refractivity contribution in [3.63, 3.8) is 0 Å². The summed E-state index contributed by atoms with van der Waals surface area (Å²) in [6, 6.07) is 10.5. The van der Waals surface area contributed by atoms with Crippen LogP contribution in [0.15, 0.2) is 24.3 Å². The lowest BCUT2D eigenvalue weighted by molar-refractivity contribution is 0.182. The van der Waals surface area contributed by atoms with E-state index in [0.29, 0.717) is 49.4 Å². The Morgan fingerprint density at radius 3 is 2.50 bits per heavy atom. The van der Waals surface area contributed by atoms with Crippen molar-refractivity contribution in [1.29, 1.82) is 5.26 Å². The molecular weight excluding hydrogens is 502 g/mol. The number of benzene rings is 1. The zero-order valence-electron chi connectivity index (χ0n) is 21.3. The summed E-state index contributed by atoms with van der Waals surface area (Å²) >= 11 is 0. The molecule has 4 fully saturated rings. The molecule has 1 aromatic carbocycles. The standard InChI is InChI=1S/C26H31N9O2S/c1-15-8-24(33-32-15)30-25-22-7-4-18(17-2-3-17)9-23(22)29-26(31-25)28-19-10-20-5-6-21(11-19)35(20)38(36,37)34-13-16(12-27)14-34/h4,7-9,16-17,19-21H,2-3,5-6,10-11,13-14H2,1H3,(H3,28,29,30,31,32,33)/t19?,20-,21+. The number of anilines is 3. The van der Waals surface area contributed by atoms with E-state index >= 15 is 0 Å². The van der Waals surface area contributed by atoms with Crippen LogP contribution in [-0.2, 0) is 10.2 Å². The number of hydrogen-bond donors (Lipinski definition) is 3. The molecule has 0 spiro atoms. The van der Waals surface area contributed by atoms with E-state index in [1.54, 1.807) is 4.31 Å². The average molecular weight is 534 g/mol. The van der Waals surface area contributed by atoms with Crippen LogP contribution in [0.1, 0.15) is 55.7 Å². The minimum atomic E-state index is -3.54. The van der Waals surface area contributed by atoms with Gasteiger partial charge in [-0.2, -0.15) is 32.4 Å². The fraction of sp³-hybridized carbons (Fsp3) is 0.538. The van der Waals surface area contributed by atoms with Gasteiger partial charge < -0.3 is 10.6 Å².